The number of cyclic esters (lactones) is 1. The maximum atomic E-state index is 10.3. The Morgan fingerprint density at radius 1 is 1.29 bits per heavy atom. The molecule has 0 amide bonds. The van der Waals surface area contributed by atoms with Crippen LogP contribution < -0.4 is 0 Å². The van der Waals surface area contributed by atoms with Crippen LogP contribution in [0.1, 0.15) is 6.42 Å². The van der Waals surface area contributed by atoms with Crippen molar-refractivity contribution in [1.29, 1.82) is 0 Å². The number of hydrogen-bond acceptors (Lipinski definition) is 4. The van der Waals surface area contributed by atoms with Gasteiger partial charge in [0.15, 0.2) is 0 Å². The van der Waals surface area contributed by atoms with Gasteiger partial charge in [-0.05, 0) is 12.1 Å². The third-order valence-corrected chi connectivity index (χ3v) is 3.38. The molecule has 0 aromatic heterocycles. The van der Waals surface area contributed by atoms with Crippen LogP contribution in [0.5, 0.6) is 0 Å². The zero-order chi connectivity index (χ0) is 12.9. The Hall–Kier alpha value is -1.11. The maximum absolute atomic E-state index is 10.3. The predicted octanol–water partition coefficient (Wildman–Crippen LogP) is 1.53. The molecule has 17 heavy (non-hydrogen) atoms. The van der Waals surface area contributed by atoms with Gasteiger partial charge in [0.1, 0.15) is 11.9 Å². The topological polar surface area (TPSA) is 80.7 Å². The molecular weight excluding hydrogens is 268 g/mol. The average Bonchev–Trinajstić information content (AvgIpc) is 2.66. The summed E-state index contributed by atoms with van der Waals surface area (Å²) in [5.41, 5.74) is 0. The summed E-state index contributed by atoms with van der Waals surface area (Å²) in [4.78, 5) is 10.3. The second-order valence-electron chi connectivity index (χ2n) is 3.32. The van der Waals surface area contributed by atoms with Gasteiger partial charge < -0.3 is 4.74 Å². The Kier molecular flexibility index (Phi) is 4.92. The van der Waals surface area contributed by atoms with Crippen LogP contribution in [0.2, 0.25) is 5.02 Å². The number of halogens is 1. The molecule has 1 aromatic carbocycles. The molecule has 1 aromatic rings. The number of hydrogen-bond donors (Lipinski definition) is 1. The maximum Gasteiger partial charge on any atom is 0.307 e. The Morgan fingerprint density at radius 3 is 2.12 bits per heavy atom. The molecule has 5 nitrogen and oxygen atoms in total. The summed E-state index contributed by atoms with van der Waals surface area (Å²) in [6.45, 7) is -0.225. The highest BCUT2D eigenvalue weighted by atomic mass is 35.5. The van der Waals surface area contributed by atoms with Crippen molar-refractivity contribution in [2.75, 3.05) is 6.61 Å². The van der Waals surface area contributed by atoms with E-state index in [0.29, 0.717) is 0 Å². The van der Waals surface area contributed by atoms with E-state index in [2.05, 4.69) is 4.74 Å². The predicted molar refractivity (Wildman–Crippen MR) is 62.4 cm³/mol. The van der Waals surface area contributed by atoms with Gasteiger partial charge >= 0.3 is 5.97 Å². The Balaban J connectivity index is 0.000000181. The lowest BCUT2D eigenvalue weighted by atomic mass is 10.4. The fraction of sp³-hybridized carbons (Fsp3) is 0.300. The Bertz CT molecular complexity index is 471. The van der Waals surface area contributed by atoms with Crippen molar-refractivity contribution >= 4 is 27.7 Å². The van der Waals surface area contributed by atoms with Gasteiger partial charge in [-0.1, -0.05) is 29.8 Å². The molecule has 1 aliphatic heterocycles. The van der Waals surface area contributed by atoms with Crippen LogP contribution in [-0.2, 0) is 19.6 Å². The van der Waals surface area contributed by atoms with Crippen LogP contribution in [0.3, 0.4) is 0 Å². The van der Waals surface area contributed by atoms with Gasteiger partial charge in [0.25, 0.3) is 10.1 Å². The largest absolute Gasteiger partial charge is 0.464 e. The average molecular weight is 279 g/mol. The zero-order valence-electron chi connectivity index (χ0n) is 8.74. The first-order chi connectivity index (χ1) is 7.89. The van der Waals surface area contributed by atoms with Crippen LogP contribution in [0.15, 0.2) is 30.3 Å². The number of benzene rings is 1. The van der Waals surface area contributed by atoms with Crippen LogP contribution in [-0.4, -0.2) is 30.8 Å². The highest BCUT2D eigenvalue weighted by Crippen LogP contribution is 2.12. The van der Waals surface area contributed by atoms with Crippen molar-refractivity contribution < 1.29 is 22.5 Å². The second kappa shape index (κ2) is 6.00. The Morgan fingerprint density at radius 2 is 1.88 bits per heavy atom. The molecule has 2 rings (SSSR count). The number of rotatable bonds is 1. The summed E-state index contributed by atoms with van der Waals surface area (Å²) in [5, 5.41) is -0.262. The van der Waals surface area contributed by atoms with Crippen molar-refractivity contribution in [2.24, 2.45) is 0 Å². The molecule has 1 heterocycles. The minimum absolute atomic E-state index is 0.225. The summed E-state index contributed by atoms with van der Waals surface area (Å²) in [6, 6.07) is 9.44. The smallest absolute Gasteiger partial charge is 0.307 e. The number of esters is 1. The highest BCUT2D eigenvalue weighted by molar-refractivity contribution is 7.86. The summed E-state index contributed by atoms with van der Waals surface area (Å²) >= 11 is 5.54. The van der Waals surface area contributed by atoms with E-state index < -0.39 is 21.3 Å². The molecule has 1 saturated heterocycles. The first-order valence-corrected chi connectivity index (χ1v) is 6.60. The van der Waals surface area contributed by atoms with Gasteiger partial charge in [-0.15, -0.1) is 0 Å². The zero-order valence-corrected chi connectivity index (χ0v) is 10.3. The van der Waals surface area contributed by atoms with Gasteiger partial charge in [-0.3, -0.25) is 9.35 Å². The normalized spacial score (nSPS) is 19.2. The van der Waals surface area contributed by atoms with E-state index in [1.54, 1.807) is 0 Å². The molecule has 94 valence electrons. The monoisotopic (exact) mass is 278 g/mol. The second-order valence-corrected chi connectivity index (χ2v) is 5.45. The van der Waals surface area contributed by atoms with Crippen molar-refractivity contribution in [1.82, 2.24) is 0 Å². The van der Waals surface area contributed by atoms with Crippen LogP contribution >= 0.6 is 11.6 Å². The van der Waals surface area contributed by atoms with E-state index in [-0.39, 0.29) is 13.0 Å². The van der Waals surface area contributed by atoms with E-state index in [9.17, 15) is 13.2 Å². The lowest BCUT2D eigenvalue weighted by Gasteiger charge is -1.97. The Labute approximate surface area is 104 Å². The third kappa shape index (κ3) is 5.16. The molecule has 1 aliphatic rings. The molecule has 1 N–H and O–H groups in total. The first-order valence-electron chi connectivity index (χ1n) is 4.72. The molecule has 0 radical (unpaired) electrons. The first kappa shape index (κ1) is 14.0. The molecule has 7 heteroatoms. The standard InChI is InChI=1S/C6H5Cl.C4H6O5S/c7-6-4-2-1-3-5-6;5-4-1-3(2-9-4)10(6,7)8/h1-5H;3H,1-2H2,(H,6,7,8). The van der Waals surface area contributed by atoms with Crippen LogP contribution in [0, 0.1) is 0 Å². The number of carbonyl (C=O) groups is 1. The van der Waals surface area contributed by atoms with Gasteiger partial charge in [-0.25, -0.2) is 0 Å². The van der Waals surface area contributed by atoms with Crippen LogP contribution in [0.4, 0.5) is 0 Å². The molecule has 1 fully saturated rings. The highest BCUT2D eigenvalue weighted by Gasteiger charge is 2.33. The molecule has 1 unspecified atom stereocenters. The fourth-order valence-electron chi connectivity index (χ4n) is 1.10. The summed E-state index contributed by atoms with van der Waals surface area (Å²) in [6.07, 6.45) is -0.237. The van der Waals surface area contributed by atoms with Crippen molar-refractivity contribution in [3.8, 4) is 0 Å². The van der Waals surface area contributed by atoms with E-state index in [0.717, 1.165) is 5.02 Å². The summed E-state index contributed by atoms with van der Waals surface area (Å²) in [5.74, 6) is -0.581. The van der Waals surface area contributed by atoms with Gasteiger partial charge in [-0.2, -0.15) is 8.42 Å². The van der Waals surface area contributed by atoms with Gasteiger partial charge in [0.05, 0.1) is 6.42 Å². The van der Waals surface area contributed by atoms with Gasteiger partial charge in [0.2, 0.25) is 0 Å². The van der Waals surface area contributed by atoms with E-state index in [1.807, 2.05) is 30.3 Å². The lowest BCUT2D eigenvalue weighted by Crippen LogP contribution is -2.19. The van der Waals surface area contributed by atoms with Crippen molar-refractivity contribution in [3.63, 3.8) is 0 Å². The lowest BCUT2D eigenvalue weighted by molar-refractivity contribution is -0.137. The molecule has 1 atom stereocenters. The molecule has 0 saturated carbocycles. The molecular formula is C10H11ClO5S. The van der Waals surface area contributed by atoms with Crippen molar-refractivity contribution in [2.45, 2.75) is 11.7 Å². The quantitative estimate of drug-likeness (QED) is 0.622. The number of carbonyl (C=O) groups excluding carboxylic acids is 1. The van der Waals surface area contributed by atoms with E-state index in [4.69, 9.17) is 16.2 Å². The van der Waals surface area contributed by atoms with E-state index >= 15 is 0 Å². The minimum Gasteiger partial charge on any atom is -0.464 e. The number of ether oxygens (including phenoxy) is 1. The van der Waals surface area contributed by atoms with Crippen LogP contribution in [0.25, 0.3) is 0 Å². The third-order valence-electron chi connectivity index (χ3n) is 1.98. The van der Waals surface area contributed by atoms with E-state index in [1.165, 1.54) is 0 Å². The molecule has 0 aliphatic carbocycles. The SMILES string of the molecule is Clc1ccccc1.O=C1CC(S(=O)(=O)O)CO1. The molecule has 0 bridgehead atoms. The summed E-state index contributed by atoms with van der Waals surface area (Å²) < 4.78 is 33.3. The molecule has 0 spiro atoms. The fourth-order valence-corrected chi connectivity index (χ4v) is 1.83. The van der Waals surface area contributed by atoms with Gasteiger partial charge in [0, 0.05) is 5.02 Å². The minimum atomic E-state index is -4.08. The van der Waals surface area contributed by atoms with Crippen molar-refractivity contribution in [3.05, 3.63) is 35.4 Å². The summed E-state index contributed by atoms with van der Waals surface area (Å²) in [7, 11) is -4.08.